The van der Waals surface area contributed by atoms with Crippen LogP contribution in [0.4, 0.5) is 5.69 Å². The number of nitrogens with one attached hydrogen (secondary N) is 1. The lowest BCUT2D eigenvalue weighted by atomic mass is 9.88. The quantitative estimate of drug-likeness (QED) is 0.936. The molecular formula is C18H19N3O2. The van der Waals surface area contributed by atoms with Crippen molar-refractivity contribution < 1.29 is 9.53 Å². The van der Waals surface area contributed by atoms with E-state index in [0.717, 1.165) is 18.0 Å². The first kappa shape index (κ1) is 14.2. The van der Waals surface area contributed by atoms with E-state index >= 15 is 0 Å². The highest BCUT2D eigenvalue weighted by Crippen LogP contribution is 2.48. The summed E-state index contributed by atoms with van der Waals surface area (Å²) in [6.07, 6.45) is 8.04. The maximum absolute atomic E-state index is 12.5. The SMILES string of the molecule is O=C(Nc1cccc(Oc2ncccn2)c1)C1CC2CCC1C2. The number of fused-ring (bicyclic) bond motifs is 2. The first-order chi connectivity index (χ1) is 11.3. The van der Waals surface area contributed by atoms with Gasteiger partial charge < -0.3 is 10.1 Å². The lowest BCUT2D eigenvalue weighted by molar-refractivity contribution is -0.121. The smallest absolute Gasteiger partial charge is 0.321 e. The second kappa shape index (κ2) is 5.99. The van der Waals surface area contributed by atoms with E-state index in [0.29, 0.717) is 17.7 Å². The average molecular weight is 309 g/mol. The Hall–Kier alpha value is -2.43. The van der Waals surface area contributed by atoms with Crippen molar-refractivity contribution in [2.75, 3.05) is 5.32 Å². The fraction of sp³-hybridized carbons (Fsp3) is 0.389. The summed E-state index contributed by atoms with van der Waals surface area (Å²) in [6.45, 7) is 0. The van der Waals surface area contributed by atoms with Crippen molar-refractivity contribution in [3.63, 3.8) is 0 Å². The van der Waals surface area contributed by atoms with Crippen molar-refractivity contribution in [3.05, 3.63) is 42.7 Å². The molecular weight excluding hydrogens is 290 g/mol. The summed E-state index contributed by atoms with van der Waals surface area (Å²) < 4.78 is 5.60. The van der Waals surface area contributed by atoms with Gasteiger partial charge in [0, 0.05) is 30.1 Å². The van der Waals surface area contributed by atoms with E-state index in [1.807, 2.05) is 24.3 Å². The van der Waals surface area contributed by atoms with Gasteiger partial charge in [0.05, 0.1) is 0 Å². The fourth-order valence-corrected chi connectivity index (χ4v) is 3.88. The molecule has 1 aromatic carbocycles. The minimum absolute atomic E-state index is 0.144. The molecule has 23 heavy (non-hydrogen) atoms. The Morgan fingerprint density at radius 2 is 2.00 bits per heavy atom. The van der Waals surface area contributed by atoms with Crippen LogP contribution in [0.15, 0.2) is 42.7 Å². The Morgan fingerprint density at radius 3 is 2.74 bits per heavy atom. The van der Waals surface area contributed by atoms with Crippen molar-refractivity contribution in [3.8, 4) is 11.8 Å². The first-order valence-corrected chi connectivity index (χ1v) is 8.14. The van der Waals surface area contributed by atoms with Crippen LogP contribution in [0.5, 0.6) is 11.8 Å². The Kier molecular flexibility index (Phi) is 3.69. The largest absolute Gasteiger partial charge is 0.424 e. The monoisotopic (exact) mass is 309 g/mol. The van der Waals surface area contributed by atoms with Crippen LogP contribution in [0.1, 0.15) is 25.7 Å². The number of carbonyl (C=O) groups excluding carboxylic acids is 1. The zero-order valence-corrected chi connectivity index (χ0v) is 12.8. The minimum atomic E-state index is 0.144. The summed E-state index contributed by atoms with van der Waals surface area (Å²) >= 11 is 0. The van der Waals surface area contributed by atoms with Gasteiger partial charge in [0.1, 0.15) is 5.75 Å². The lowest BCUT2D eigenvalue weighted by Gasteiger charge is -2.20. The van der Waals surface area contributed by atoms with Crippen LogP contribution in [0.25, 0.3) is 0 Å². The minimum Gasteiger partial charge on any atom is -0.424 e. The highest BCUT2D eigenvalue weighted by Gasteiger charge is 2.42. The van der Waals surface area contributed by atoms with Crippen molar-refractivity contribution in [2.24, 2.45) is 17.8 Å². The number of carbonyl (C=O) groups is 1. The number of hydrogen-bond acceptors (Lipinski definition) is 4. The van der Waals surface area contributed by atoms with Crippen molar-refractivity contribution in [1.29, 1.82) is 0 Å². The van der Waals surface area contributed by atoms with E-state index in [1.165, 1.54) is 19.3 Å². The predicted molar refractivity (Wildman–Crippen MR) is 86.1 cm³/mol. The molecule has 0 radical (unpaired) electrons. The number of hydrogen-bond donors (Lipinski definition) is 1. The topological polar surface area (TPSA) is 64.1 Å². The third-order valence-corrected chi connectivity index (χ3v) is 4.93. The molecule has 1 amide bonds. The summed E-state index contributed by atoms with van der Waals surface area (Å²) in [4.78, 5) is 20.6. The van der Waals surface area contributed by atoms with Gasteiger partial charge in [0.25, 0.3) is 0 Å². The van der Waals surface area contributed by atoms with E-state index in [9.17, 15) is 4.79 Å². The highest BCUT2D eigenvalue weighted by atomic mass is 16.5. The molecule has 118 valence electrons. The molecule has 0 saturated heterocycles. The van der Waals surface area contributed by atoms with Crippen LogP contribution >= 0.6 is 0 Å². The summed E-state index contributed by atoms with van der Waals surface area (Å²) in [5.74, 6) is 2.28. The standard InChI is InChI=1S/C18H19N3O2/c22-17(16-10-12-5-6-13(16)9-12)21-14-3-1-4-15(11-14)23-18-19-7-2-8-20-18/h1-4,7-8,11-13,16H,5-6,9-10H2,(H,21,22). The molecule has 2 saturated carbocycles. The predicted octanol–water partition coefficient (Wildman–Crippen LogP) is 3.64. The maximum Gasteiger partial charge on any atom is 0.321 e. The van der Waals surface area contributed by atoms with Crippen LogP contribution in [-0.2, 0) is 4.79 Å². The molecule has 1 aromatic heterocycles. The van der Waals surface area contributed by atoms with Crippen molar-refractivity contribution in [1.82, 2.24) is 9.97 Å². The molecule has 4 rings (SSSR count). The van der Waals surface area contributed by atoms with E-state index in [2.05, 4.69) is 15.3 Å². The summed E-state index contributed by atoms with van der Waals surface area (Å²) in [6, 6.07) is 9.39. The van der Waals surface area contributed by atoms with Gasteiger partial charge in [-0.1, -0.05) is 12.5 Å². The Morgan fingerprint density at radius 1 is 1.13 bits per heavy atom. The van der Waals surface area contributed by atoms with Crippen LogP contribution in [0.2, 0.25) is 0 Å². The number of anilines is 1. The Labute approximate surface area is 135 Å². The molecule has 3 unspecified atom stereocenters. The summed E-state index contributed by atoms with van der Waals surface area (Å²) in [5, 5.41) is 3.04. The van der Waals surface area contributed by atoms with Gasteiger partial charge in [-0.3, -0.25) is 4.79 Å². The molecule has 5 nitrogen and oxygen atoms in total. The van der Waals surface area contributed by atoms with E-state index in [1.54, 1.807) is 18.5 Å². The van der Waals surface area contributed by atoms with Gasteiger partial charge in [0.15, 0.2) is 0 Å². The molecule has 0 aliphatic heterocycles. The van der Waals surface area contributed by atoms with Crippen LogP contribution < -0.4 is 10.1 Å². The zero-order valence-electron chi connectivity index (χ0n) is 12.8. The number of ether oxygens (including phenoxy) is 1. The zero-order chi connectivity index (χ0) is 15.6. The normalized spacial score (nSPS) is 25.3. The second-order valence-electron chi connectivity index (χ2n) is 6.43. The van der Waals surface area contributed by atoms with Crippen LogP contribution in [-0.4, -0.2) is 15.9 Å². The van der Waals surface area contributed by atoms with Crippen molar-refractivity contribution >= 4 is 11.6 Å². The molecule has 2 aliphatic rings. The van der Waals surface area contributed by atoms with Crippen molar-refractivity contribution in [2.45, 2.75) is 25.7 Å². The van der Waals surface area contributed by atoms with Gasteiger partial charge >= 0.3 is 6.01 Å². The summed E-state index contributed by atoms with van der Waals surface area (Å²) in [7, 11) is 0. The van der Waals surface area contributed by atoms with Gasteiger partial charge in [-0.15, -0.1) is 0 Å². The Bertz CT molecular complexity index is 704. The molecule has 2 fully saturated rings. The van der Waals surface area contributed by atoms with Gasteiger partial charge in [-0.05, 0) is 49.3 Å². The average Bonchev–Trinajstić information content (AvgIpc) is 3.19. The fourth-order valence-electron chi connectivity index (χ4n) is 3.88. The molecule has 2 aliphatic carbocycles. The highest BCUT2D eigenvalue weighted by molar-refractivity contribution is 5.93. The molecule has 1 N–H and O–H groups in total. The second-order valence-corrected chi connectivity index (χ2v) is 6.43. The Balaban J connectivity index is 1.43. The van der Waals surface area contributed by atoms with E-state index in [4.69, 9.17) is 4.74 Å². The maximum atomic E-state index is 12.5. The molecule has 3 atom stereocenters. The van der Waals surface area contributed by atoms with Gasteiger partial charge in [0.2, 0.25) is 5.91 Å². The number of aromatic nitrogens is 2. The van der Waals surface area contributed by atoms with Gasteiger partial charge in [-0.2, -0.15) is 0 Å². The van der Waals surface area contributed by atoms with E-state index < -0.39 is 0 Å². The third-order valence-electron chi connectivity index (χ3n) is 4.93. The number of benzene rings is 1. The third kappa shape index (κ3) is 3.04. The molecule has 2 aromatic rings. The molecule has 1 heterocycles. The van der Waals surface area contributed by atoms with E-state index in [-0.39, 0.29) is 11.8 Å². The molecule has 2 bridgehead atoms. The molecule has 0 spiro atoms. The van der Waals surface area contributed by atoms with Gasteiger partial charge in [-0.25, -0.2) is 9.97 Å². The molecule has 5 heteroatoms. The number of amides is 1. The first-order valence-electron chi connectivity index (χ1n) is 8.14. The summed E-state index contributed by atoms with van der Waals surface area (Å²) in [5.41, 5.74) is 0.756. The van der Waals surface area contributed by atoms with Crippen LogP contribution in [0.3, 0.4) is 0 Å². The van der Waals surface area contributed by atoms with Crippen LogP contribution in [0, 0.1) is 17.8 Å². The lowest BCUT2D eigenvalue weighted by Crippen LogP contribution is -2.27. The number of rotatable bonds is 4. The number of nitrogens with zero attached hydrogens (tertiary/aromatic N) is 2.